The molecular formula is C13H22ClN3O2S. The summed E-state index contributed by atoms with van der Waals surface area (Å²) in [7, 11) is 1.62. The third-order valence-corrected chi connectivity index (χ3v) is 5.23. The first-order valence-corrected chi connectivity index (χ1v) is 9.31. The summed E-state index contributed by atoms with van der Waals surface area (Å²) in [5.74, 6) is 1.30. The summed E-state index contributed by atoms with van der Waals surface area (Å²) in [4.78, 5) is 0. The Morgan fingerprint density at radius 2 is 2.05 bits per heavy atom. The average molecular weight is 320 g/mol. The summed E-state index contributed by atoms with van der Waals surface area (Å²) in [6, 6.07) is 0. The molecule has 20 heavy (non-hydrogen) atoms. The van der Waals surface area contributed by atoms with Gasteiger partial charge in [-0.05, 0) is 24.2 Å². The molecule has 1 heterocycles. The molecule has 1 unspecified atom stereocenters. The van der Waals surface area contributed by atoms with Crippen molar-refractivity contribution in [2.24, 2.45) is 11.3 Å². The Kier molecular flexibility index (Phi) is 4.17. The van der Waals surface area contributed by atoms with E-state index in [1.54, 1.807) is 4.57 Å². The molecule has 1 atom stereocenters. The molecule has 1 fully saturated rings. The van der Waals surface area contributed by atoms with Gasteiger partial charge in [-0.1, -0.05) is 34.1 Å². The number of aromatic nitrogens is 3. The smallest absolute Gasteiger partial charge is 0.296 e. The summed E-state index contributed by atoms with van der Waals surface area (Å²) < 4.78 is 25.0. The van der Waals surface area contributed by atoms with Crippen molar-refractivity contribution < 1.29 is 8.42 Å². The van der Waals surface area contributed by atoms with Crippen LogP contribution in [0, 0.1) is 11.3 Å². The number of hydrogen-bond donors (Lipinski definition) is 0. The summed E-state index contributed by atoms with van der Waals surface area (Å²) in [5.41, 5.74) is 0.120. The molecule has 0 aliphatic heterocycles. The molecule has 0 radical (unpaired) electrons. The molecule has 0 spiro atoms. The molecule has 5 nitrogen and oxygen atoms in total. The SMILES string of the molecule is CC(C)Cn1c(C2CCCC2(C)C)nnc1S(=O)(=O)Cl. The van der Waals surface area contributed by atoms with Crippen molar-refractivity contribution in [2.45, 2.75) is 64.6 Å². The third-order valence-electron chi connectivity index (χ3n) is 4.08. The monoisotopic (exact) mass is 319 g/mol. The van der Waals surface area contributed by atoms with Gasteiger partial charge in [0.05, 0.1) is 0 Å². The quantitative estimate of drug-likeness (QED) is 0.800. The molecule has 0 aromatic carbocycles. The van der Waals surface area contributed by atoms with Gasteiger partial charge in [-0.2, -0.15) is 0 Å². The van der Waals surface area contributed by atoms with Gasteiger partial charge in [0, 0.05) is 23.1 Å². The molecule has 7 heteroatoms. The number of hydrogen-bond acceptors (Lipinski definition) is 4. The molecule has 114 valence electrons. The maximum atomic E-state index is 11.7. The standard InChI is InChI=1S/C13H22ClN3O2S/c1-9(2)8-17-11(10-6-5-7-13(10,3)4)15-16-12(17)20(14,18)19/h9-10H,5-8H2,1-4H3. The Morgan fingerprint density at radius 1 is 1.40 bits per heavy atom. The highest BCUT2D eigenvalue weighted by Crippen LogP contribution is 2.48. The minimum atomic E-state index is -3.86. The van der Waals surface area contributed by atoms with Crippen molar-refractivity contribution in [3.8, 4) is 0 Å². The Bertz CT molecular complexity index is 593. The lowest BCUT2D eigenvalue weighted by Gasteiger charge is -2.27. The molecule has 1 aliphatic rings. The zero-order chi connectivity index (χ0) is 15.1. The first kappa shape index (κ1) is 15.8. The van der Waals surface area contributed by atoms with Gasteiger partial charge >= 0.3 is 0 Å². The lowest BCUT2D eigenvalue weighted by atomic mass is 9.81. The van der Waals surface area contributed by atoms with Gasteiger partial charge in [-0.25, -0.2) is 8.42 Å². The fraction of sp³-hybridized carbons (Fsp3) is 0.846. The second-order valence-corrected chi connectivity index (χ2v) is 9.18. The zero-order valence-corrected chi connectivity index (χ0v) is 14.0. The molecular weight excluding hydrogens is 298 g/mol. The molecule has 1 saturated carbocycles. The van der Waals surface area contributed by atoms with Gasteiger partial charge in [0.2, 0.25) is 0 Å². The molecule has 1 aliphatic carbocycles. The van der Waals surface area contributed by atoms with Gasteiger partial charge in [0.25, 0.3) is 14.2 Å². The molecule has 0 saturated heterocycles. The molecule has 0 N–H and O–H groups in total. The Balaban J connectivity index is 2.51. The van der Waals surface area contributed by atoms with Crippen molar-refractivity contribution in [3.63, 3.8) is 0 Å². The Labute approximate surface area is 125 Å². The fourth-order valence-corrected chi connectivity index (χ4v) is 3.99. The van der Waals surface area contributed by atoms with E-state index in [4.69, 9.17) is 10.7 Å². The highest BCUT2D eigenvalue weighted by molar-refractivity contribution is 8.13. The summed E-state index contributed by atoms with van der Waals surface area (Å²) in [6.07, 6.45) is 3.27. The van der Waals surface area contributed by atoms with Gasteiger partial charge < -0.3 is 4.57 Å². The average Bonchev–Trinajstić information content (AvgIpc) is 2.79. The van der Waals surface area contributed by atoms with E-state index in [9.17, 15) is 8.42 Å². The van der Waals surface area contributed by atoms with E-state index in [0.29, 0.717) is 12.5 Å². The minimum Gasteiger partial charge on any atom is -0.300 e. The van der Waals surface area contributed by atoms with E-state index >= 15 is 0 Å². The number of nitrogens with zero attached hydrogens (tertiary/aromatic N) is 3. The van der Waals surface area contributed by atoms with Crippen LogP contribution in [0.3, 0.4) is 0 Å². The van der Waals surface area contributed by atoms with Crippen molar-refractivity contribution in [3.05, 3.63) is 5.82 Å². The van der Waals surface area contributed by atoms with Crippen molar-refractivity contribution in [1.82, 2.24) is 14.8 Å². The van der Waals surface area contributed by atoms with Gasteiger partial charge in [-0.15, -0.1) is 10.2 Å². The van der Waals surface area contributed by atoms with Crippen LogP contribution < -0.4 is 0 Å². The van der Waals surface area contributed by atoms with E-state index in [1.165, 1.54) is 0 Å². The first-order chi connectivity index (χ1) is 9.13. The predicted octanol–water partition coefficient (Wildman–Crippen LogP) is 3.16. The van der Waals surface area contributed by atoms with Crippen LogP contribution in [0.15, 0.2) is 5.16 Å². The normalized spacial score (nSPS) is 22.6. The van der Waals surface area contributed by atoms with Crippen molar-refractivity contribution >= 4 is 19.7 Å². The van der Waals surface area contributed by atoms with Gasteiger partial charge in [0.1, 0.15) is 5.82 Å². The lowest BCUT2D eigenvalue weighted by molar-refractivity contribution is 0.308. The third kappa shape index (κ3) is 3.01. The summed E-state index contributed by atoms with van der Waals surface area (Å²) >= 11 is 0. The maximum absolute atomic E-state index is 11.7. The van der Waals surface area contributed by atoms with Crippen molar-refractivity contribution in [2.75, 3.05) is 0 Å². The summed E-state index contributed by atoms with van der Waals surface area (Å²) in [6.45, 7) is 9.04. The van der Waals surface area contributed by atoms with Crippen LogP contribution in [0.5, 0.6) is 0 Å². The Hall–Kier alpha value is -0.620. The largest absolute Gasteiger partial charge is 0.300 e. The topological polar surface area (TPSA) is 64.8 Å². The van der Waals surface area contributed by atoms with E-state index in [1.807, 2.05) is 13.8 Å². The second kappa shape index (κ2) is 5.30. The van der Waals surface area contributed by atoms with Crippen LogP contribution in [0.2, 0.25) is 0 Å². The molecule has 2 rings (SSSR count). The highest BCUT2D eigenvalue weighted by atomic mass is 35.7. The molecule has 1 aromatic heterocycles. The molecule has 0 amide bonds. The van der Waals surface area contributed by atoms with E-state index in [0.717, 1.165) is 25.1 Å². The van der Waals surface area contributed by atoms with Gasteiger partial charge in [0.15, 0.2) is 0 Å². The molecule has 0 bridgehead atoms. The van der Waals surface area contributed by atoms with E-state index < -0.39 is 9.05 Å². The van der Waals surface area contributed by atoms with E-state index in [2.05, 4.69) is 24.0 Å². The lowest BCUT2D eigenvalue weighted by Crippen LogP contribution is -2.22. The predicted molar refractivity (Wildman–Crippen MR) is 78.3 cm³/mol. The maximum Gasteiger partial charge on any atom is 0.296 e. The number of halogens is 1. The molecule has 1 aromatic rings. The van der Waals surface area contributed by atoms with Crippen LogP contribution in [0.1, 0.15) is 58.7 Å². The van der Waals surface area contributed by atoms with Crippen LogP contribution in [-0.2, 0) is 15.6 Å². The van der Waals surface area contributed by atoms with Crippen LogP contribution in [0.4, 0.5) is 0 Å². The minimum absolute atomic E-state index is 0.120. The van der Waals surface area contributed by atoms with Crippen LogP contribution in [-0.4, -0.2) is 23.2 Å². The second-order valence-electron chi connectivity index (χ2n) is 6.72. The highest BCUT2D eigenvalue weighted by Gasteiger charge is 2.40. The Morgan fingerprint density at radius 3 is 2.50 bits per heavy atom. The number of rotatable bonds is 4. The van der Waals surface area contributed by atoms with Crippen LogP contribution in [0.25, 0.3) is 0 Å². The fourth-order valence-electron chi connectivity index (χ4n) is 3.08. The van der Waals surface area contributed by atoms with Crippen LogP contribution >= 0.6 is 10.7 Å². The van der Waals surface area contributed by atoms with Crippen molar-refractivity contribution in [1.29, 1.82) is 0 Å². The first-order valence-electron chi connectivity index (χ1n) is 7.00. The zero-order valence-electron chi connectivity index (χ0n) is 12.4. The van der Waals surface area contributed by atoms with E-state index in [-0.39, 0.29) is 16.5 Å². The van der Waals surface area contributed by atoms with Gasteiger partial charge in [-0.3, -0.25) is 0 Å². The summed E-state index contributed by atoms with van der Waals surface area (Å²) in [5, 5.41) is 7.89.